The summed E-state index contributed by atoms with van der Waals surface area (Å²) in [7, 11) is -3.90. The van der Waals surface area contributed by atoms with Crippen LogP contribution in [0.15, 0.2) is 59.9 Å². The number of carbonyl (C=O) groups excluding carboxylic acids is 1. The van der Waals surface area contributed by atoms with Crippen LogP contribution in [0.2, 0.25) is 0 Å². The first-order valence-corrected chi connectivity index (χ1v) is 9.77. The highest BCUT2D eigenvalue weighted by atomic mass is 32.2. The molecule has 8 heteroatoms. The third-order valence-corrected chi connectivity index (χ3v) is 5.46. The first-order valence-electron chi connectivity index (χ1n) is 8.33. The molecular formula is C19H18N2O5S. The Bertz CT molecular complexity index is 1060. The Balaban J connectivity index is 0.00000102. The first-order chi connectivity index (χ1) is 13.1. The van der Waals surface area contributed by atoms with E-state index in [0.29, 0.717) is 29.0 Å². The second-order valence-electron chi connectivity index (χ2n) is 5.33. The molecule has 1 aliphatic heterocycles. The molecule has 3 heterocycles. The van der Waals surface area contributed by atoms with Gasteiger partial charge in [0.15, 0.2) is 17.8 Å². The molecule has 0 N–H and O–H groups in total. The van der Waals surface area contributed by atoms with Crippen molar-refractivity contribution in [2.75, 3.05) is 6.79 Å². The van der Waals surface area contributed by atoms with Gasteiger partial charge in [0, 0.05) is 29.7 Å². The topological polar surface area (TPSA) is 87.5 Å². The van der Waals surface area contributed by atoms with E-state index in [2.05, 4.69) is 4.98 Å². The van der Waals surface area contributed by atoms with Crippen LogP contribution in [-0.2, 0) is 10.0 Å². The monoisotopic (exact) mass is 386 g/mol. The first kappa shape index (κ1) is 18.7. The van der Waals surface area contributed by atoms with Gasteiger partial charge in [0.25, 0.3) is 10.0 Å². The fraction of sp³-hybridized carbons (Fsp3) is 0.158. The lowest BCUT2D eigenvalue weighted by atomic mass is 10.1. The summed E-state index contributed by atoms with van der Waals surface area (Å²) >= 11 is 0. The second-order valence-corrected chi connectivity index (χ2v) is 7.15. The van der Waals surface area contributed by atoms with Crippen LogP contribution < -0.4 is 9.47 Å². The van der Waals surface area contributed by atoms with Crippen LogP contribution in [0.5, 0.6) is 11.5 Å². The molecule has 4 rings (SSSR count). The number of ether oxygens (including phenoxy) is 2. The Labute approximate surface area is 157 Å². The van der Waals surface area contributed by atoms with E-state index in [-0.39, 0.29) is 17.3 Å². The summed E-state index contributed by atoms with van der Waals surface area (Å²) in [5.41, 5.74) is 1.19. The molecule has 1 aromatic carbocycles. The highest BCUT2D eigenvalue weighted by Gasteiger charge is 2.23. The summed E-state index contributed by atoms with van der Waals surface area (Å²) in [6, 6.07) is 9.60. The molecule has 7 nitrogen and oxygen atoms in total. The maximum Gasteiger partial charge on any atom is 0.269 e. The number of aromatic nitrogens is 2. The van der Waals surface area contributed by atoms with Gasteiger partial charge in [-0.3, -0.25) is 9.78 Å². The molecule has 0 radical (unpaired) electrons. The Morgan fingerprint density at radius 1 is 1.11 bits per heavy atom. The summed E-state index contributed by atoms with van der Waals surface area (Å²) in [5, 5.41) is 0. The van der Waals surface area contributed by atoms with E-state index in [1.807, 2.05) is 13.8 Å². The lowest BCUT2D eigenvalue weighted by Crippen LogP contribution is -2.13. The molecule has 3 aromatic rings. The number of hydrogen-bond donors (Lipinski definition) is 0. The van der Waals surface area contributed by atoms with Crippen LogP contribution in [0.1, 0.15) is 24.2 Å². The molecule has 0 amide bonds. The minimum Gasteiger partial charge on any atom is -0.454 e. The standard InChI is InChI=1S/C17H12N2O5S.C2H6/c20-10-12-6-15(13-3-4-16-17(7-13)24-11-23-16)19(9-12)25(21,22)14-2-1-5-18-8-14;1-2/h1-10H,11H2;1-2H3. The van der Waals surface area contributed by atoms with Crippen molar-refractivity contribution in [3.05, 3.63) is 60.6 Å². The molecule has 0 atom stereocenters. The van der Waals surface area contributed by atoms with E-state index in [0.717, 1.165) is 3.97 Å². The molecule has 0 saturated heterocycles. The van der Waals surface area contributed by atoms with Crippen molar-refractivity contribution in [3.8, 4) is 22.8 Å². The van der Waals surface area contributed by atoms with Gasteiger partial charge in [-0.1, -0.05) is 13.8 Å². The summed E-state index contributed by atoms with van der Waals surface area (Å²) in [5.74, 6) is 1.12. The Kier molecular flexibility index (Phi) is 5.27. The average molecular weight is 386 g/mol. The van der Waals surface area contributed by atoms with Crippen LogP contribution in [0.4, 0.5) is 0 Å². The molecule has 0 unspecified atom stereocenters. The second kappa shape index (κ2) is 7.63. The normalized spacial score (nSPS) is 12.2. The quantitative estimate of drug-likeness (QED) is 0.639. The van der Waals surface area contributed by atoms with Gasteiger partial charge >= 0.3 is 0 Å². The number of rotatable bonds is 4. The summed E-state index contributed by atoms with van der Waals surface area (Å²) in [4.78, 5) is 15.1. The van der Waals surface area contributed by atoms with Crippen LogP contribution in [0.25, 0.3) is 11.3 Å². The van der Waals surface area contributed by atoms with E-state index >= 15 is 0 Å². The van der Waals surface area contributed by atoms with Crippen molar-refractivity contribution >= 4 is 16.3 Å². The smallest absolute Gasteiger partial charge is 0.269 e. The largest absolute Gasteiger partial charge is 0.454 e. The molecule has 0 aliphatic carbocycles. The maximum atomic E-state index is 12.9. The van der Waals surface area contributed by atoms with Crippen molar-refractivity contribution in [3.63, 3.8) is 0 Å². The molecule has 1 aliphatic rings. The third-order valence-electron chi connectivity index (χ3n) is 3.80. The minimum absolute atomic E-state index is 0.0324. The maximum absolute atomic E-state index is 12.9. The predicted octanol–water partition coefficient (Wildman–Crippen LogP) is 3.35. The zero-order valence-corrected chi connectivity index (χ0v) is 15.6. The molecule has 0 saturated carbocycles. The van der Waals surface area contributed by atoms with Crippen LogP contribution >= 0.6 is 0 Å². The number of pyridine rings is 1. The number of aldehydes is 1. The Hall–Kier alpha value is -3.13. The van der Waals surface area contributed by atoms with Crippen molar-refractivity contribution in [2.24, 2.45) is 0 Å². The van der Waals surface area contributed by atoms with Crippen LogP contribution in [-0.4, -0.2) is 30.5 Å². The van der Waals surface area contributed by atoms with Crippen molar-refractivity contribution < 1.29 is 22.7 Å². The third kappa shape index (κ3) is 3.43. The molecule has 0 spiro atoms. The molecular weight excluding hydrogens is 368 g/mol. The van der Waals surface area contributed by atoms with Gasteiger partial charge in [-0.25, -0.2) is 12.4 Å². The zero-order chi connectivity index (χ0) is 19.4. The number of fused-ring (bicyclic) bond motifs is 1. The molecule has 0 fully saturated rings. The van der Waals surface area contributed by atoms with E-state index < -0.39 is 10.0 Å². The van der Waals surface area contributed by atoms with Gasteiger partial charge in [-0.05, 0) is 36.4 Å². The van der Waals surface area contributed by atoms with Crippen molar-refractivity contribution in [2.45, 2.75) is 18.7 Å². The fourth-order valence-electron chi connectivity index (χ4n) is 2.61. The predicted molar refractivity (Wildman–Crippen MR) is 99.5 cm³/mol. The van der Waals surface area contributed by atoms with E-state index in [1.54, 1.807) is 18.2 Å². The molecule has 27 heavy (non-hydrogen) atoms. The summed E-state index contributed by atoms with van der Waals surface area (Å²) < 4.78 is 37.6. The van der Waals surface area contributed by atoms with Gasteiger partial charge in [0.1, 0.15) is 4.90 Å². The van der Waals surface area contributed by atoms with Gasteiger partial charge in [-0.15, -0.1) is 0 Å². The van der Waals surface area contributed by atoms with Gasteiger partial charge < -0.3 is 9.47 Å². The molecule has 140 valence electrons. The van der Waals surface area contributed by atoms with Crippen molar-refractivity contribution in [1.82, 2.24) is 8.96 Å². The number of benzene rings is 1. The Morgan fingerprint density at radius 2 is 1.89 bits per heavy atom. The number of carbonyl (C=O) groups is 1. The Morgan fingerprint density at radius 3 is 2.59 bits per heavy atom. The highest BCUT2D eigenvalue weighted by molar-refractivity contribution is 7.90. The summed E-state index contributed by atoms with van der Waals surface area (Å²) in [6.45, 7) is 4.12. The molecule has 2 aromatic heterocycles. The van der Waals surface area contributed by atoms with Crippen LogP contribution in [0, 0.1) is 0 Å². The lowest BCUT2D eigenvalue weighted by Gasteiger charge is -2.10. The molecule has 0 bridgehead atoms. The number of hydrogen-bond acceptors (Lipinski definition) is 6. The van der Waals surface area contributed by atoms with Crippen molar-refractivity contribution in [1.29, 1.82) is 0 Å². The van der Waals surface area contributed by atoms with E-state index in [9.17, 15) is 13.2 Å². The zero-order valence-electron chi connectivity index (χ0n) is 14.8. The van der Waals surface area contributed by atoms with Crippen LogP contribution in [0.3, 0.4) is 0 Å². The minimum atomic E-state index is -3.90. The van der Waals surface area contributed by atoms with Gasteiger partial charge in [-0.2, -0.15) is 0 Å². The SMILES string of the molecule is CC.O=Cc1cc(-c2ccc3c(c2)OCO3)n(S(=O)(=O)c2cccnc2)c1. The van der Waals surface area contributed by atoms with Gasteiger partial charge in [0.2, 0.25) is 6.79 Å². The number of nitrogens with zero attached hydrogens (tertiary/aromatic N) is 2. The lowest BCUT2D eigenvalue weighted by molar-refractivity contribution is 0.112. The summed E-state index contributed by atoms with van der Waals surface area (Å²) in [6.07, 6.45) is 4.64. The van der Waals surface area contributed by atoms with E-state index in [1.165, 1.54) is 36.8 Å². The highest BCUT2D eigenvalue weighted by Crippen LogP contribution is 2.37. The van der Waals surface area contributed by atoms with E-state index in [4.69, 9.17) is 9.47 Å². The average Bonchev–Trinajstić information content (AvgIpc) is 3.36. The fourth-order valence-corrected chi connectivity index (χ4v) is 3.96. The van der Waals surface area contributed by atoms with Gasteiger partial charge in [0.05, 0.1) is 5.69 Å².